The molecular formula is C12H15NO9S. The fraction of sp³-hybridized carbons (Fsp3) is 0.250. The lowest BCUT2D eigenvalue weighted by Crippen LogP contribution is -2.42. The predicted molar refractivity (Wildman–Crippen MR) is 74.9 cm³/mol. The number of benzene rings is 1. The number of carboxylic acid groups (broad SMARTS) is 3. The molecule has 0 spiro atoms. The molecule has 0 heterocycles. The number of aliphatic hydroxyl groups is 1. The van der Waals surface area contributed by atoms with Crippen molar-refractivity contribution in [1.29, 1.82) is 0 Å². The van der Waals surface area contributed by atoms with Crippen molar-refractivity contribution in [3.8, 4) is 0 Å². The maximum absolute atomic E-state index is 10.6. The Labute approximate surface area is 130 Å². The number of carboxylic acids is 3. The molecule has 0 saturated carbocycles. The smallest absolute Gasteiger partial charge is 0.336 e. The van der Waals surface area contributed by atoms with Gasteiger partial charge in [0.25, 0.3) is 0 Å². The zero-order valence-corrected chi connectivity index (χ0v) is 12.4. The van der Waals surface area contributed by atoms with Crippen LogP contribution in [0.1, 0.15) is 12.8 Å². The highest BCUT2D eigenvalue weighted by Gasteiger charge is 2.40. The van der Waals surface area contributed by atoms with Crippen molar-refractivity contribution in [2.45, 2.75) is 23.3 Å². The normalized spacial score (nSPS) is 11.0. The van der Waals surface area contributed by atoms with Gasteiger partial charge in [-0.25, -0.2) is 18.4 Å². The van der Waals surface area contributed by atoms with Crippen LogP contribution in [0.3, 0.4) is 0 Å². The Morgan fingerprint density at radius 1 is 0.957 bits per heavy atom. The molecule has 1 aromatic carbocycles. The van der Waals surface area contributed by atoms with E-state index in [1.165, 1.54) is 12.1 Å². The number of aliphatic carboxylic acids is 3. The molecule has 0 aliphatic carbocycles. The summed E-state index contributed by atoms with van der Waals surface area (Å²) in [6.07, 6.45) is -2.29. The van der Waals surface area contributed by atoms with Gasteiger partial charge in [0.15, 0.2) is 5.60 Å². The van der Waals surface area contributed by atoms with Crippen LogP contribution in [0.4, 0.5) is 0 Å². The molecule has 11 heteroatoms. The van der Waals surface area contributed by atoms with Gasteiger partial charge < -0.3 is 20.4 Å². The Kier molecular flexibility index (Phi) is 7.32. The molecule has 128 valence electrons. The number of nitrogens with two attached hydrogens (primary N) is 1. The van der Waals surface area contributed by atoms with Crippen molar-refractivity contribution in [2.24, 2.45) is 5.14 Å². The van der Waals surface area contributed by atoms with Gasteiger partial charge in [0, 0.05) is 0 Å². The zero-order chi connectivity index (χ0) is 18.3. The molecule has 0 radical (unpaired) electrons. The maximum Gasteiger partial charge on any atom is 0.336 e. The molecule has 0 aliphatic rings. The molecule has 0 unspecified atom stereocenters. The molecule has 1 aromatic rings. The molecule has 0 fully saturated rings. The second kappa shape index (κ2) is 8.22. The van der Waals surface area contributed by atoms with Crippen molar-refractivity contribution >= 4 is 27.9 Å². The zero-order valence-electron chi connectivity index (χ0n) is 11.6. The highest BCUT2D eigenvalue weighted by Crippen LogP contribution is 2.15. The SMILES string of the molecule is NS(=O)(=O)c1ccccc1.O=C(O)CC(O)(CC(=O)O)C(=O)O. The minimum atomic E-state index is -3.50. The monoisotopic (exact) mass is 349 g/mol. The van der Waals surface area contributed by atoms with E-state index in [1.807, 2.05) is 0 Å². The minimum Gasteiger partial charge on any atom is -0.481 e. The lowest BCUT2D eigenvalue weighted by Gasteiger charge is -2.18. The Balaban J connectivity index is 0.000000433. The molecule has 23 heavy (non-hydrogen) atoms. The summed E-state index contributed by atoms with van der Waals surface area (Å²) < 4.78 is 21.2. The maximum atomic E-state index is 10.6. The number of carbonyl (C=O) groups is 3. The van der Waals surface area contributed by atoms with Gasteiger partial charge >= 0.3 is 17.9 Å². The second-order valence-electron chi connectivity index (χ2n) is 4.34. The fourth-order valence-corrected chi connectivity index (χ4v) is 1.86. The number of rotatable bonds is 6. The molecule has 10 nitrogen and oxygen atoms in total. The summed E-state index contributed by atoms with van der Waals surface area (Å²) in [4.78, 5) is 30.6. The lowest BCUT2D eigenvalue weighted by atomic mass is 9.96. The predicted octanol–water partition coefficient (Wildman–Crippen LogP) is -0.914. The first-order valence-electron chi connectivity index (χ1n) is 5.85. The average Bonchev–Trinajstić information content (AvgIpc) is 2.37. The van der Waals surface area contributed by atoms with E-state index in [-0.39, 0.29) is 4.90 Å². The van der Waals surface area contributed by atoms with Crippen LogP contribution in [-0.2, 0) is 24.4 Å². The largest absolute Gasteiger partial charge is 0.481 e. The van der Waals surface area contributed by atoms with E-state index in [0.717, 1.165) is 0 Å². The summed E-state index contributed by atoms with van der Waals surface area (Å²) in [5.74, 6) is -5.02. The summed E-state index contributed by atoms with van der Waals surface area (Å²) >= 11 is 0. The van der Waals surface area contributed by atoms with Crippen LogP contribution in [-0.4, -0.2) is 52.4 Å². The topological polar surface area (TPSA) is 192 Å². The van der Waals surface area contributed by atoms with E-state index in [2.05, 4.69) is 0 Å². The number of primary sulfonamides is 1. The first-order chi connectivity index (χ1) is 10.4. The van der Waals surface area contributed by atoms with Crippen LogP contribution >= 0.6 is 0 Å². The summed E-state index contributed by atoms with van der Waals surface area (Å²) in [7, 11) is -3.50. The molecule has 0 aliphatic heterocycles. The first-order valence-corrected chi connectivity index (χ1v) is 7.40. The summed E-state index contributed by atoms with van der Waals surface area (Å²) in [6, 6.07) is 7.89. The number of hydrogen-bond donors (Lipinski definition) is 5. The number of sulfonamides is 1. The Morgan fingerprint density at radius 2 is 1.35 bits per heavy atom. The van der Waals surface area contributed by atoms with Crippen LogP contribution in [0, 0.1) is 0 Å². The lowest BCUT2D eigenvalue weighted by molar-refractivity contribution is -0.170. The van der Waals surface area contributed by atoms with Crippen LogP contribution in [0.15, 0.2) is 35.2 Å². The molecular weight excluding hydrogens is 334 g/mol. The third-order valence-corrected chi connectivity index (χ3v) is 3.29. The molecule has 6 N–H and O–H groups in total. The van der Waals surface area contributed by atoms with Gasteiger partial charge in [-0.2, -0.15) is 0 Å². The molecule has 1 rings (SSSR count). The molecule has 0 aromatic heterocycles. The van der Waals surface area contributed by atoms with Gasteiger partial charge in [-0.05, 0) is 12.1 Å². The van der Waals surface area contributed by atoms with E-state index in [9.17, 15) is 22.8 Å². The molecule has 0 atom stereocenters. The summed E-state index contributed by atoms with van der Waals surface area (Å²) in [6.45, 7) is 0. The molecule has 0 amide bonds. The van der Waals surface area contributed by atoms with Crippen molar-refractivity contribution < 1.29 is 43.2 Å². The van der Waals surface area contributed by atoms with Crippen molar-refractivity contribution in [1.82, 2.24) is 0 Å². The Morgan fingerprint density at radius 3 is 1.57 bits per heavy atom. The average molecular weight is 349 g/mol. The quantitative estimate of drug-likeness (QED) is 0.432. The standard InChI is InChI=1S/C6H7NO2S.C6H8O7/c7-10(8,9)6-4-2-1-3-5-6;7-3(8)1-6(13,5(11)12)2-4(9)10/h1-5H,(H2,7,8,9);13H,1-2H2,(H,7,8)(H,9,10)(H,11,12). The highest BCUT2D eigenvalue weighted by molar-refractivity contribution is 7.89. The van der Waals surface area contributed by atoms with Gasteiger partial charge in [0.2, 0.25) is 10.0 Å². The van der Waals surface area contributed by atoms with E-state index in [0.29, 0.717) is 0 Å². The van der Waals surface area contributed by atoms with Crippen LogP contribution in [0.25, 0.3) is 0 Å². The third-order valence-electron chi connectivity index (χ3n) is 2.36. The summed E-state index contributed by atoms with van der Waals surface area (Å²) in [5.41, 5.74) is -2.74. The van der Waals surface area contributed by atoms with E-state index in [1.54, 1.807) is 18.2 Å². The minimum absolute atomic E-state index is 0.148. The van der Waals surface area contributed by atoms with Crippen molar-refractivity contribution in [3.05, 3.63) is 30.3 Å². The van der Waals surface area contributed by atoms with Crippen molar-refractivity contribution in [3.63, 3.8) is 0 Å². The fourth-order valence-electron chi connectivity index (χ4n) is 1.32. The third kappa shape index (κ3) is 7.90. The van der Waals surface area contributed by atoms with Gasteiger partial charge in [-0.3, -0.25) is 9.59 Å². The van der Waals surface area contributed by atoms with E-state index >= 15 is 0 Å². The van der Waals surface area contributed by atoms with Gasteiger partial charge in [-0.1, -0.05) is 18.2 Å². The second-order valence-corrected chi connectivity index (χ2v) is 5.90. The van der Waals surface area contributed by atoms with Crippen LogP contribution in [0.5, 0.6) is 0 Å². The van der Waals surface area contributed by atoms with Gasteiger partial charge in [-0.15, -0.1) is 0 Å². The molecule has 0 bridgehead atoms. The van der Waals surface area contributed by atoms with E-state index in [4.69, 9.17) is 25.6 Å². The van der Waals surface area contributed by atoms with Gasteiger partial charge in [0.1, 0.15) is 0 Å². The van der Waals surface area contributed by atoms with E-state index < -0.39 is 46.4 Å². The van der Waals surface area contributed by atoms with Gasteiger partial charge in [0.05, 0.1) is 17.7 Å². The molecule has 0 saturated heterocycles. The Bertz CT molecular complexity index is 653. The summed E-state index contributed by atoms with van der Waals surface area (Å²) in [5, 5.41) is 38.6. The number of hydrogen-bond acceptors (Lipinski definition) is 6. The Hall–Kier alpha value is -2.50. The van der Waals surface area contributed by atoms with Crippen LogP contribution < -0.4 is 5.14 Å². The first kappa shape index (κ1) is 20.5. The van der Waals surface area contributed by atoms with Crippen LogP contribution in [0.2, 0.25) is 0 Å². The highest BCUT2D eigenvalue weighted by atomic mass is 32.2. The van der Waals surface area contributed by atoms with Crippen molar-refractivity contribution in [2.75, 3.05) is 0 Å².